The molecular weight excluding hydrogens is 202 g/mol. The monoisotopic (exact) mass is 229 g/mol. The molecule has 1 aliphatic rings. The van der Waals surface area contributed by atoms with Crippen LogP contribution in [-0.4, -0.2) is 36.5 Å². The fourth-order valence-corrected chi connectivity index (χ4v) is 2.20. The molecular formula is C13H27NO2. The smallest absolute Gasteiger partial charge is 0.0707 e. The molecule has 3 nitrogen and oxygen atoms in total. The van der Waals surface area contributed by atoms with Crippen molar-refractivity contribution in [1.29, 1.82) is 0 Å². The molecule has 1 unspecified atom stereocenters. The Hall–Kier alpha value is -0.120. The lowest BCUT2D eigenvalue weighted by molar-refractivity contribution is -0.0141. The minimum absolute atomic E-state index is 0.0907. The number of unbranched alkanes of at least 4 members (excludes halogenated alkanes) is 3. The normalized spacial score (nSPS) is 23.8. The van der Waals surface area contributed by atoms with Gasteiger partial charge in [0, 0.05) is 13.2 Å². The van der Waals surface area contributed by atoms with E-state index in [9.17, 15) is 0 Å². The summed E-state index contributed by atoms with van der Waals surface area (Å²) < 4.78 is 5.90. The maximum absolute atomic E-state index is 8.63. The minimum Gasteiger partial charge on any atom is -0.396 e. The average Bonchev–Trinajstić information content (AvgIpc) is 2.57. The highest BCUT2D eigenvalue weighted by atomic mass is 16.5. The number of hydrogen-bond donors (Lipinski definition) is 2. The summed E-state index contributed by atoms with van der Waals surface area (Å²) in [6, 6.07) is 0. The number of hydrogen-bond acceptors (Lipinski definition) is 3. The van der Waals surface area contributed by atoms with Gasteiger partial charge in [-0.2, -0.15) is 0 Å². The number of nitrogens with one attached hydrogen (secondary N) is 1. The van der Waals surface area contributed by atoms with Gasteiger partial charge >= 0.3 is 0 Å². The second-order valence-corrected chi connectivity index (χ2v) is 5.38. The number of aliphatic hydroxyl groups is 1. The van der Waals surface area contributed by atoms with Gasteiger partial charge in [-0.1, -0.05) is 12.8 Å². The van der Waals surface area contributed by atoms with E-state index in [0.717, 1.165) is 25.9 Å². The molecule has 2 N–H and O–H groups in total. The summed E-state index contributed by atoms with van der Waals surface area (Å²) in [5.74, 6) is 0. The van der Waals surface area contributed by atoms with E-state index < -0.39 is 0 Å². The largest absolute Gasteiger partial charge is 0.396 e. The quantitative estimate of drug-likeness (QED) is 0.626. The molecule has 1 rings (SSSR count). The highest BCUT2D eigenvalue weighted by molar-refractivity contribution is 4.81. The topological polar surface area (TPSA) is 41.5 Å². The molecule has 0 aromatic heterocycles. The van der Waals surface area contributed by atoms with Gasteiger partial charge < -0.3 is 15.2 Å². The average molecular weight is 229 g/mol. The molecule has 1 atom stereocenters. The van der Waals surface area contributed by atoms with Crippen LogP contribution in [0.4, 0.5) is 0 Å². The van der Waals surface area contributed by atoms with E-state index >= 15 is 0 Å². The van der Waals surface area contributed by atoms with Crippen LogP contribution >= 0.6 is 0 Å². The Morgan fingerprint density at radius 3 is 2.62 bits per heavy atom. The molecule has 0 aromatic carbocycles. The predicted molar refractivity (Wildman–Crippen MR) is 66.6 cm³/mol. The summed E-state index contributed by atoms with van der Waals surface area (Å²) in [7, 11) is 0. The zero-order chi connectivity index (χ0) is 11.9. The number of aliphatic hydroxyl groups excluding tert-OH is 1. The molecule has 96 valence electrons. The van der Waals surface area contributed by atoms with E-state index in [2.05, 4.69) is 19.2 Å². The van der Waals surface area contributed by atoms with Crippen LogP contribution in [0.15, 0.2) is 0 Å². The molecule has 3 heteroatoms. The van der Waals surface area contributed by atoms with E-state index in [1.54, 1.807) is 0 Å². The van der Waals surface area contributed by atoms with Crippen molar-refractivity contribution in [2.75, 3.05) is 19.7 Å². The van der Waals surface area contributed by atoms with Crippen LogP contribution < -0.4 is 5.32 Å². The summed E-state index contributed by atoms with van der Waals surface area (Å²) in [4.78, 5) is 0. The van der Waals surface area contributed by atoms with Crippen LogP contribution in [-0.2, 0) is 4.74 Å². The Labute approximate surface area is 99.6 Å². The van der Waals surface area contributed by atoms with E-state index in [-0.39, 0.29) is 5.60 Å². The summed E-state index contributed by atoms with van der Waals surface area (Å²) >= 11 is 0. The maximum Gasteiger partial charge on any atom is 0.0707 e. The van der Waals surface area contributed by atoms with Gasteiger partial charge in [-0.05, 0) is 46.1 Å². The van der Waals surface area contributed by atoms with Crippen molar-refractivity contribution in [3.63, 3.8) is 0 Å². The molecule has 0 radical (unpaired) electrons. The van der Waals surface area contributed by atoms with E-state index in [0.29, 0.717) is 12.7 Å². The molecule has 1 fully saturated rings. The van der Waals surface area contributed by atoms with Gasteiger partial charge in [0.05, 0.1) is 11.7 Å². The van der Waals surface area contributed by atoms with Crippen LogP contribution in [0.5, 0.6) is 0 Å². The highest BCUT2D eigenvalue weighted by Gasteiger charge is 2.30. The lowest BCUT2D eigenvalue weighted by Crippen LogP contribution is -2.29. The molecule has 1 aliphatic heterocycles. The van der Waals surface area contributed by atoms with Crippen LogP contribution in [0.25, 0.3) is 0 Å². The predicted octanol–water partition coefficient (Wildman–Crippen LogP) is 2.09. The Morgan fingerprint density at radius 1 is 1.25 bits per heavy atom. The molecule has 0 spiro atoms. The van der Waals surface area contributed by atoms with Gasteiger partial charge in [-0.3, -0.25) is 0 Å². The first-order valence-corrected chi connectivity index (χ1v) is 6.63. The van der Waals surface area contributed by atoms with Crippen LogP contribution in [0.2, 0.25) is 0 Å². The van der Waals surface area contributed by atoms with E-state index in [1.807, 2.05) is 0 Å². The second-order valence-electron chi connectivity index (χ2n) is 5.38. The van der Waals surface area contributed by atoms with E-state index in [4.69, 9.17) is 9.84 Å². The first-order valence-electron chi connectivity index (χ1n) is 6.63. The highest BCUT2D eigenvalue weighted by Crippen LogP contribution is 2.28. The molecule has 0 bridgehead atoms. The van der Waals surface area contributed by atoms with Crippen LogP contribution in [0.1, 0.15) is 52.4 Å². The van der Waals surface area contributed by atoms with Gasteiger partial charge in [-0.15, -0.1) is 0 Å². The van der Waals surface area contributed by atoms with Gasteiger partial charge in [0.2, 0.25) is 0 Å². The fraction of sp³-hybridized carbons (Fsp3) is 1.00. The van der Waals surface area contributed by atoms with Gasteiger partial charge in [0.15, 0.2) is 0 Å². The first kappa shape index (κ1) is 13.9. The molecule has 16 heavy (non-hydrogen) atoms. The van der Waals surface area contributed by atoms with Crippen molar-refractivity contribution < 1.29 is 9.84 Å². The Balaban J connectivity index is 1.88. The minimum atomic E-state index is 0.0907. The Bertz CT molecular complexity index is 183. The van der Waals surface area contributed by atoms with Gasteiger partial charge in [-0.25, -0.2) is 0 Å². The zero-order valence-corrected chi connectivity index (χ0v) is 10.8. The first-order chi connectivity index (χ1) is 7.64. The van der Waals surface area contributed by atoms with Gasteiger partial charge in [0.1, 0.15) is 0 Å². The van der Waals surface area contributed by atoms with Crippen molar-refractivity contribution in [3.8, 4) is 0 Å². The van der Waals surface area contributed by atoms with Crippen molar-refractivity contribution in [1.82, 2.24) is 5.32 Å². The third kappa shape index (κ3) is 5.83. The second kappa shape index (κ2) is 7.25. The number of ether oxygens (including phenoxy) is 1. The van der Waals surface area contributed by atoms with Crippen LogP contribution in [0, 0.1) is 0 Å². The molecule has 1 heterocycles. The third-order valence-electron chi connectivity index (χ3n) is 3.19. The Morgan fingerprint density at radius 2 is 2.00 bits per heavy atom. The summed E-state index contributed by atoms with van der Waals surface area (Å²) in [6.45, 7) is 6.73. The third-order valence-corrected chi connectivity index (χ3v) is 3.19. The van der Waals surface area contributed by atoms with Crippen molar-refractivity contribution in [2.24, 2.45) is 0 Å². The number of rotatable bonds is 8. The molecule has 0 aliphatic carbocycles. The summed E-state index contributed by atoms with van der Waals surface area (Å²) in [6.07, 6.45) is 7.28. The summed E-state index contributed by atoms with van der Waals surface area (Å²) in [5, 5.41) is 12.1. The fourth-order valence-electron chi connectivity index (χ4n) is 2.20. The lowest BCUT2D eigenvalue weighted by atomic mass is 10.1. The van der Waals surface area contributed by atoms with Crippen molar-refractivity contribution in [3.05, 3.63) is 0 Å². The standard InChI is InChI=1S/C13H27NO2/c1-13(2)8-7-12(16-13)11-14-9-5-3-4-6-10-15/h12,14-15H,3-11H2,1-2H3. The molecule has 0 amide bonds. The van der Waals surface area contributed by atoms with E-state index in [1.165, 1.54) is 25.7 Å². The maximum atomic E-state index is 8.63. The van der Waals surface area contributed by atoms with Gasteiger partial charge in [0.25, 0.3) is 0 Å². The summed E-state index contributed by atoms with van der Waals surface area (Å²) in [5.41, 5.74) is 0.0907. The zero-order valence-electron chi connectivity index (χ0n) is 10.8. The van der Waals surface area contributed by atoms with Crippen LogP contribution in [0.3, 0.4) is 0 Å². The SMILES string of the molecule is CC1(C)CCC(CNCCCCCCO)O1. The Kier molecular flexibility index (Phi) is 6.32. The van der Waals surface area contributed by atoms with Crippen molar-refractivity contribution >= 4 is 0 Å². The lowest BCUT2D eigenvalue weighted by Gasteiger charge is -2.19. The van der Waals surface area contributed by atoms with Crippen molar-refractivity contribution in [2.45, 2.75) is 64.1 Å². The molecule has 0 aromatic rings. The molecule has 1 saturated heterocycles. The molecule has 0 saturated carbocycles.